The molecule has 0 atom stereocenters. The Morgan fingerprint density at radius 1 is 0.867 bits per heavy atom. The van der Waals surface area contributed by atoms with Gasteiger partial charge in [-0.15, -0.1) is 0 Å². The largest absolute Gasteiger partial charge is 0.493 e. The minimum Gasteiger partial charge on any atom is -0.493 e. The quantitative estimate of drug-likeness (QED) is 0.127. The van der Waals surface area contributed by atoms with Gasteiger partial charge < -0.3 is 18.9 Å². The number of methoxy groups -OCH3 is 1. The van der Waals surface area contributed by atoms with E-state index in [1.807, 2.05) is 38.1 Å². The van der Waals surface area contributed by atoms with Crippen molar-refractivity contribution < 1.29 is 33.3 Å². The highest BCUT2D eigenvalue weighted by Crippen LogP contribution is 2.39. The molecule has 0 spiro atoms. The smallest absolute Gasteiger partial charge is 0.331 e. The average molecular weight is 674 g/mol. The molecule has 10 heteroatoms. The number of fused-ring (bicyclic) bond motifs is 1. The molecule has 1 aliphatic heterocycles. The summed E-state index contributed by atoms with van der Waals surface area (Å²) < 4.78 is 23.8. The van der Waals surface area contributed by atoms with E-state index in [2.05, 4.69) is 39.4 Å². The van der Waals surface area contributed by atoms with Crippen LogP contribution in [0.15, 0.2) is 82.8 Å². The number of hydrogen-bond acceptors (Lipinski definition) is 7. The van der Waals surface area contributed by atoms with Crippen LogP contribution in [-0.2, 0) is 22.7 Å². The van der Waals surface area contributed by atoms with Crippen LogP contribution in [0.5, 0.6) is 23.0 Å². The fraction of sp³-hybridized carbons (Fsp3) is 0.229. The molecule has 1 saturated heterocycles. The molecular weight excluding hydrogens is 640 g/mol. The summed E-state index contributed by atoms with van der Waals surface area (Å²) in [5.74, 6) is 0.464. The van der Waals surface area contributed by atoms with E-state index in [0.29, 0.717) is 58.4 Å². The van der Waals surface area contributed by atoms with E-state index in [1.54, 1.807) is 30.3 Å². The Morgan fingerprint density at radius 3 is 2.44 bits per heavy atom. The van der Waals surface area contributed by atoms with Crippen molar-refractivity contribution in [3.8, 4) is 23.0 Å². The lowest BCUT2D eigenvalue weighted by molar-refractivity contribution is -0.130. The predicted octanol–water partition coefficient (Wildman–Crippen LogP) is 7.04. The first-order chi connectivity index (χ1) is 21.8. The van der Waals surface area contributed by atoms with Crippen molar-refractivity contribution in [1.29, 1.82) is 0 Å². The van der Waals surface area contributed by atoms with Gasteiger partial charge in [-0.25, -0.2) is 4.79 Å². The van der Waals surface area contributed by atoms with Gasteiger partial charge in [0.15, 0.2) is 23.0 Å². The summed E-state index contributed by atoms with van der Waals surface area (Å²) in [7, 11) is 1.52. The zero-order valence-corrected chi connectivity index (χ0v) is 26.8. The fourth-order valence-electron chi connectivity index (χ4n) is 4.97. The molecule has 0 bridgehead atoms. The maximum absolute atomic E-state index is 13.5. The molecule has 1 aliphatic rings. The van der Waals surface area contributed by atoms with Crippen LogP contribution in [-0.4, -0.2) is 43.1 Å². The van der Waals surface area contributed by atoms with Gasteiger partial charge in [-0.05, 0) is 87.1 Å². The number of amides is 4. The molecule has 4 amide bonds. The third-order valence-corrected chi connectivity index (χ3v) is 7.70. The van der Waals surface area contributed by atoms with E-state index < -0.39 is 17.8 Å². The van der Waals surface area contributed by atoms with Crippen molar-refractivity contribution in [3.05, 3.63) is 99.5 Å². The number of hydrogen-bond donors (Lipinski definition) is 1. The van der Waals surface area contributed by atoms with Gasteiger partial charge in [-0.3, -0.25) is 19.8 Å². The molecule has 5 rings (SSSR count). The van der Waals surface area contributed by atoms with Crippen LogP contribution < -0.4 is 24.3 Å². The van der Waals surface area contributed by atoms with Gasteiger partial charge in [0.25, 0.3) is 11.8 Å². The summed E-state index contributed by atoms with van der Waals surface area (Å²) in [6.45, 7) is 4.97. The lowest BCUT2D eigenvalue weighted by Crippen LogP contribution is -2.53. The summed E-state index contributed by atoms with van der Waals surface area (Å²) in [4.78, 5) is 40.1. The van der Waals surface area contributed by atoms with Crippen molar-refractivity contribution in [1.82, 2.24) is 10.2 Å². The number of nitrogens with one attached hydrogen (secondary N) is 1. The van der Waals surface area contributed by atoms with Gasteiger partial charge in [0.2, 0.25) is 0 Å². The third-order valence-electron chi connectivity index (χ3n) is 7.11. The standard InChI is InChI=1S/C35H33BrN2O7/c1-4-15-44-29-14-13-22(18-30(29)42-3)20-38-34(40)27(33(39)37-35(38)41)16-23-17-28(36)32(31(19-23)43-5-2)45-21-25-11-8-10-24-9-6-7-12-26(24)25/h6-14,16-19H,4-5,15,20-21H2,1-3H3,(H,37,39,41)/b27-16+. The first kappa shape index (κ1) is 31.6. The molecule has 0 unspecified atom stereocenters. The van der Waals surface area contributed by atoms with E-state index in [1.165, 1.54) is 13.2 Å². The SMILES string of the molecule is CCCOc1ccc(CN2C(=O)NC(=O)/C(=C\c3cc(Br)c(OCc4cccc5ccccc45)c(OCC)c3)C2=O)cc1OC. The highest BCUT2D eigenvalue weighted by Gasteiger charge is 2.36. The van der Waals surface area contributed by atoms with E-state index in [0.717, 1.165) is 27.7 Å². The Balaban J connectivity index is 1.39. The summed E-state index contributed by atoms with van der Waals surface area (Å²) in [6, 6.07) is 21.9. The second-order valence-corrected chi connectivity index (χ2v) is 11.1. The van der Waals surface area contributed by atoms with Gasteiger partial charge in [-0.2, -0.15) is 0 Å². The molecule has 0 aromatic heterocycles. The summed E-state index contributed by atoms with van der Waals surface area (Å²) in [5.41, 5.74) is 1.96. The van der Waals surface area contributed by atoms with Crippen LogP contribution in [0.4, 0.5) is 4.79 Å². The van der Waals surface area contributed by atoms with Gasteiger partial charge in [-0.1, -0.05) is 55.5 Å². The van der Waals surface area contributed by atoms with E-state index in [-0.39, 0.29) is 12.1 Å². The topological polar surface area (TPSA) is 103 Å². The highest BCUT2D eigenvalue weighted by atomic mass is 79.9. The van der Waals surface area contributed by atoms with E-state index in [9.17, 15) is 14.4 Å². The number of imide groups is 2. The molecule has 1 N–H and O–H groups in total. The van der Waals surface area contributed by atoms with Gasteiger partial charge in [0.05, 0.1) is 31.3 Å². The molecule has 0 radical (unpaired) electrons. The first-order valence-corrected chi connectivity index (χ1v) is 15.4. The molecular formula is C35H33BrN2O7. The summed E-state index contributed by atoms with van der Waals surface area (Å²) in [6.07, 6.45) is 2.27. The van der Waals surface area contributed by atoms with E-state index in [4.69, 9.17) is 18.9 Å². The minimum atomic E-state index is -0.805. The second-order valence-electron chi connectivity index (χ2n) is 10.2. The normalized spacial score (nSPS) is 14.1. The zero-order valence-electron chi connectivity index (χ0n) is 25.2. The number of ether oxygens (including phenoxy) is 4. The molecule has 45 heavy (non-hydrogen) atoms. The fourth-order valence-corrected chi connectivity index (χ4v) is 5.55. The van der Waals surface area contributed by atoms with Crippen molar-refractivity contribution in [2.24, 2.45) is 0 Å². The maximum Gasteiger partial charge on any atom is 0.331 e. The number of carbonyl (C=O) groups is 3. The number of barbiturate groups is 1. The van der Waals surface area contributed by atoms with Crippen molar-refractivity contribution in [3.63, 3.8) is 0 Å². The van der Waals surface area contributed by atoms with Crippen molar-refractivity contribution in [2.45, 2.75) is 33.4 Å². The summed E-state index contributed by atoms with van der Waals surface area (Å²) >= 11 is 3.58. The number of nitrogens with zero attached hydrogens (tertiary/aromatic N) is 1. The molecule has 0 saturated carbocycles. The number of benzene rings is 4. The lowest BCUT2D eigenvalue weighted by atomic mass is 10.1. The average Bonchev–Trinajstić information content (AvgIpc) is 3.04. The zero-order chi connectivity index (χ0) is 31.9. The van der Waals surface area contributed by atoms with Gasteiger partial charge in [0, 0.05) is 0 Å². The molecule has 232 valence electrons. The van der Waals surface area contributed by atoms with E-state index >= 15 is 0 Å². The molecule has 9 nitrogen and oxygen atoms in total. The van der Waals surface area contributed by atoms with Crippen molar-refractivity contribution >= 4 is 50.6 Å². The summed E-state index contributed by atoms with van der Waals surface area (Å²) in [5, 5.41) is 4.48. The lowest BCUT2D eigenvalue weighted by Gasteiger charge is -2.26. The second kappa shape index (κ2) is 14.3. The maximum atomic E-state index is 13.5. The van der Waals surface area contributed by atoms with Crippen LogP contribution in [0.3, 0.4) is 0 Å². The van der Waals surface area contributed by atoms with Crippen molar-refractivity contribution in [2.75, 3.05) is 20.3 Å². The molecule has 4 aromatic carbocycles. The monoisotopic (exact) mass is 672 g/mol. The van der Waals surface area contributed by atoms with Crippen LogP contribution in [0.2, 0.25) is 0 Å². The molecule has 1 fully saturated rings. The van der Waals surface area contributed by atoms with Crippen LogP contribution >= 0.6 is 15.9 Å². The van der Waals surface area contributed by atoms with Crippen LogP contribution in [0.25, 0.3) is 16.8 Å². The Morgan fingerprint density at radius 2 is 1.67 bits per heavy atom. The van der Waals surface area contributed by atoms with Crippen LogP contribution in [0.1, 0.15) is 37.0 Å². The Hall–Kier alpha value is -4.83. The number of halogens is 1. The minimum absolute atomic E-state index is 0.0749. The third kappa shape index (κ3) is 7.12. The Bertz CT molecular complexity index is 1780. The molecule has 4 aromatic rings. The Kier molecular flexibility index (Phi) is 10.0. The number of urea groups is 1. The Labute approximate surface area is 269 Å². The molecule has 0 aliphatic carbocycles. The highest BCUT2D eigenvalue weighted by molar-refractivity contribution is 9.10. The predicted molar refractivity (Wildman–Crippen MR) is 174 cm³/mol. The first-order valence-electron chi connectivity index (χ1n) is 14.6. The number of carbonyl (C=O) groups excluding carboxylic acids is 3. The molecule has 1 heterocycles. The van der Waals surface area contributed by atoms with Crippen LogP contribution in [0, 0.1) is 0 Å². The van der Waals surface area contributed by atoms with Gasteiger partial charge >= 0.3 is 6.03 Å². The number of rotatable bonds is 12. The van der Waals surface area contributed by atoms with Gasteiger partial charge in [0.1, 0.15) is 12.2 Å².